The average molecular weight is 320 g/mol. The molecule has 0 saturated carbocycles. The zero-order chi connectivity index (χ0) is 14.8. The van der Waals surface area contributed by atoms with Crippen LogP contribution in [0, 0.1) is 13.8 Å². The number of nitrogens with one attached hydrogen (secondary N) is 1. The molecular formula is C13H12N4O2S2. The lowest BCUT2D eigenvalue weighted by Gasteiger charge is -1.98. The molecule has 0 saturated heterocycles. The molecule has 0 unspecified atom stereocenters. The van der Waals surface area contributed by atoms with Gasteiger partial charge in [-0.25, -0.2) is 4.98 Å². The molecule has 0 bridgehead atoms. The Labute approximate surface area is 128 Å². The summed E-state index contributed by atoms with van der Waals surface area (Å²) in [6.45, 7) is 4.06. The van der Waals surface area contributed by atoms with Crippen molar-refractivity contribution in [2.75, 3.05) is 0 Å². The highest BCUT2D eigenvalue weighted by Gasteiger charge is 2.14. The third kappa shape index (κ3) is 3.01. The van der Waals surface area contributed by atoms with Crippen LogP contribution in [-0.2, 0) is 6.54 Å². The van der Waals surface area contributed by atoms with E-state index < -0.39 is 0 Å². The molecule has 0 aliphatic carbocycles. The van der Waals surface area contributed by atoms with E-state index in [2.05, 4.69) is 20.5 Å². The fraction of sp³-hybridized carbons (Fsp3) is 0.231. The Morgan fingerprint density at radius 3 is 2.86 bits per heavy atom. The molecule has 0 atom stereocenters. The second-order valence-corrected chi connectivity index (χ2v) is 6.50. The normalized spacial score (nSPS) is 10.8. The Morgan fingerprint density at radius 2 is 2.19 bits per heavy atom. The molecule has 8 heteroatoms. The maximum absolute atomic E-state index is 11.9. The maximum Gasteiger partial charge on any atom is 0.261 e. The van der Waals surface area contributed by atoms with Crippen molar-refractivity contribution >= 4 is 28.6 Å². The summed E-state index contributed by atoms with van der Waals surface area (Å²) >= 11 is 2.90. The Hall–Kier alpha value is -2.06. The molecule has 3 aromatic rings. The van der Waals surface area contributed by atoms with E-state index in [0.29, 0.717) is 16.7 Å². The van der Waals surface area contributed by atoms with Gasteiger partial charge < -0.3 is 9.73 Å². The quantitative estimate of drug-likeness (QED) is 0.799. The highest BCUT2D eigenvalue weighted by molar-refractivity contribution is 7.14. The first-order chi connectivity index (χ1) is 10.1. The molecule has 108 valence electrons. The van der Waals surface area contributed by atoms with Crippen LogP contribution >= 0.6 is 22.7 Å². The molecule has 0 fully saturated rings. The van der Waals surface area contributed by atoms with E-state index >= 15 is 0 Å². The van der Waals surface area contributed by atoms with Crippen molar-refractivity contribution in [3.05, 3.63) is 39.0 Å². The van der Waals surface area contributed by atoms with Gasteiger partial charge in [0.25, 0.3) is 11.8 Å². The molecule has 21 heavy (non-hydrogen) atoms. The van der Waals surface area contributed by atoms with Gasteiger partial charge in [-0.05, 0) is 26.0 Å². The van der Waals surface area contributed by atoms with Crippen LogP contribution in [0.1, 0.15) is 26.1 Å². The summed E-state index contributed by atoms with van der Waals surface area (Å²) in [6.07, 6.45) is 0. The topological polar surface area (TPSA) is 80.9 Å². The van der Waals surface area contributed by atoms with E-state index in [4.69, 9.17) is 4.42 Å². The summed E-state index contributed by atoms with van der Waals surface area (Å²) in [5.74, 6) is 0.674. The minimum absolute atomic E-state index is 0.137. The van der Waals surface area contributed by atoms with Crippen LogP contribution in [0.3, 0.4) is 0 Å². The Morgan fingerprint density at radius 1 is 1.33 bits per heavy atom. The van der Waals surface area contributed by atoms with E-state index in [1.165, 1.54) is 22.7 Å². The lowest BCUT2D eigenvalue weighted by Crippen LogP contribution is -2.21. The smallest absolute Gasteiger partial charge is 0.261 e. The van der Waals surface area contributed by atoms with E-state index in [0.717, 1.165) is 15.4 Å². The number of hydrogen-bond acceptors (Lipinski definition) is 7. The number of hydrogen-bond donors (Lipinski definition) is 1. The van der Waals surface area contributed by atoms with Gasteiger partial charge in [-0.1, -0.05) is 0 Å². The molecule has 6 nitrogen and oxygen atoms in total. The van der Waals surface area contributed by atoms with Crippen LogP contribution < -0.4 is 5.32 Å². The van der Waals surface area contributed by atoms with E-state index in [1.54, 1.807) is 11.6 Å². The third-order valence-electron chi connectivity index (χ3n) is 2.77. The Kier molecular flexibility index (Phi) is 3.80. The molecule has 0 aliphatic rings. The number of nitrogens with zero attached hydrogens (tertiary/aromatic N) is 3. The van der Waals surface area contributed by atoms with Gasteiger partial charge in [0, 0.05) is 4.88 Å². The van der Waals surface area contributed by atoms with Gasteiger partial charge in [-0.15, -0.1) is 32.9 Å². The van der Waals surface area contributed by atoms with Crippen molar-refractivity contribution < 1.29 is 9.21 Å². The lowest BCUT2D eigenvalue weighted by atomic mass is 10.4. The van der Waals surface area contributed by atoms with Crippen LogP contribution in [0.2, 0.25) is 0 Å². The number of carbonyl (C=O) groups is 1. The Bertz CT molecular complexity index is 775. The molecule has 3 rings (SSSR count). The van der Waals surface area contributed by atoms with Gasteiger partial charge in [0.1, 0.15) is 4.88 Å². The summed E-state index contributed by atoms with van der Waals surface area (Å²) in [5.41, 5.74) is 2.59. The largest absolute Gasteiger partial charge is 0.418 e. The number of aromatic nitrogens is 3. The Balaban J connectivity index is 1.65. The van der Waals surface area contributed by atoms with E-state index in [9.17, 15) is 4.79 Å². The van der Waals surface area contributed by atoms with Crippen molar-refractivity contribution in [1.29, 1.82) is 0 Å². The van der Waals surface area contributed by atoms with Gasteiger partial charge in [0.05, 0.1) is 22.6 Å². The van der Waals surface area contributed by atoms with Crippen molar-refractivity contribution in [3.8, 4) is 10.8 Å². The third-order valence-corrected chi connectivity index (χ3v) is 4.69. The van der Waals surface area contributed by atoms with Crippen molar-refractivity contribution in [2.45, 2.75) is 20.4 Å². The molecule has 1 amide bonds. The van der Waals surface area contributed by atoms with Gasteiger partial charge >= 0.3 is 0 Å². The molecule has 0 spiro atoms. The predicted octanol–water partition coefficient (Wildman–Crippen LogP) is 2.80. The van der Waals surface area contributed by atoms with Crippen molar-refractivity contribution in [2.24, 2.45) is 0 Å². The van der Waals surface area contributed by atoms with Gasteiger partial charge in [-0.2, -0.15) is 0 Å². The molecule has 3 heterocycles. The molecular weight excluding hydrogens is 308 g/mol. The zero-order valence-corrected chi connectivity index (χ0v) is 13.0. The highest BCUT2D eigenvalue weighted by atomic mass is 32.1. The zero-order valence-electron chi connectivity index (χ0n) is 11.4. The fourth-order valence-corrected chi connectivity index (χ4v) is 3.23. The number of rotatable bonds is 4. The minimum Gasteiger partial charge on any atom is -0.418 e. The van der Waals surface area contributed by atoms with Crippen LogP contribution in [0.4, 0.5) is 0 Å². The first kappa shape index (κ1) is 13.9. The van der Waals surface area contributed by atoms with Gasteiger partial charge in [0.2, 0.25) is 5.89 Å². The second-order valence-electron chi connectivity index (χ2n) is 4.36. The van der Waals surface area contributed by atoms with Crippen LogP contribution in [-0.4, -0.2) is 21.1 Å². The van der Waals surface area contributed by atoms with Gasteiger partial charge in [0.15, 0.2) is 0 Å². The molecule has 3 aromatic heterocycles. The standard InChI is InChI=1S/C13H12N4O2S2/c1-7-3-4-9(21-7)12(18)14-5-10-16-17-13(19-10)11-8(2)15-6-20-11/h3-4,6H,5H2,1-2H3,(H,14,18). The van der Waals surface area contributed by atoms with Crippen molar-refractivity contribution in [1.82, 2.24) is 20.5 Å². The van der Waals surface area contributed by atoms with E-state index in [-0.39, 0.29) is 12.5 Å². The molecule has 0 radical (unpaired) electrons. The average Bonchev–Trinajstić information content (AvgIpc) is 3.16. The summed E-state index contributed by atoms with van der Waals surface area (Å²) in [4.78, 5) is 18.7. The predicted molar refractivity (Wildman–Crippen MR) is 80.4 cm³/mol. The summed E-state index contributed by atoms with van der Waals surface area (Å²) in [6, 6.07) is 3.71. The van der Waals surface area contributed by atoms with Crippen LogP contribution in [0.5, 0.6) is 0 Å². The second kappa shape index (κ2) is 5.74. The SMILES string of the molecule is Cc1ccc(C(=O)NCc2nnc(-c3scnc3C)o2)s1. The lowest BCUT2D eigenvalue weighted by molar-refractivity contribution is 0.0951. The fourth-order valence-electron chi connectivity index (χ4n) is 1.72. The molecule has 1 N–H and O–H groups in total. The summed E-state index contributed by atoms with van der Waals surface area (Å²) in [7, 11) is 0. The number of amides is 1. The summed E-state index contributed by atoms with van der Waals surface area (Å²) < 4.78 is 5.54. The molecule has 0 aromatic carbocycles. The summed E-state index contributed by atoms with van der Waals surface area (Å²) in [5, 5.41) is 10.7. The monoisotopic (exact) mass is 320 g/mol. The maximum atomic E-state index is 11.9. The van der Waals surface area contributed by atoms with Crippen LogP contribution in [0.15, 0.2) is 22.1 Å². The van der Waals surface area contributed by atoms with Gasteiger partial charge in [-0.3, -0.25) is 4.79 Å². The van der Waals surface area contributed by atoms with Crippen molar-refractivity contribution in [3.63, 3.8) is 0 Å². The number of carbonyl (C=O) groups excluding carboxylic acids is 1. The molecule has 0 aliphatic heterocycles. The van der Waals surface area contributed by atoms with E-state index in [1.807, 2.05) is 19.9 Å². The minimum atomic E-state index is -0.137. The van der Waals surface area contributed by atoms with Crippen LogP contribution in [0.25, 0.3) is 10.8 Å². The number of thiophene rings is 1. The number of thiazole rings is 1. The number of aryl methyl sites for hydroxylation is 2. The highest BCUT2D eigenvalue weighted by Crippen LogP contribution is 2.25. The first-order valence-electron chi connectivity index (χ1n) is 6.21. The first-order valence-corrected chi connectivity index (χ1v) is 7.90.